The molecule has 9 heteroatoms. The van der Waals surface area contributed by atoms with Crippen molar-refractivity contribution in [3.05, 3.63) is 39.5 Å². The lowest BCUT2D eigenvalue weighted by atomic mass is 9.88. The molecule has 1 fully saturated rings. The van der Waals surface area contributed by atoms with Crippen molar-refractivity contribution in [1.29, 1.82) is 0 Å². The topological polar surface area (TPSA) is 71.9 Å². The van der Waals surface area contributed by atoms with Gasteiger partial charge in [-0.1, -0.05) is 11.6 Å². The Morgan fingerprint density at radius 3 is 2.43 bits per heavy atom. The maximum Gasteiger partial charge on any atom is 0.251 e. The van der Waals surface area contributed by atoms with E-state index in [2.05, 4.69) is 34.2 Å². The smallest absolute Gasteiger partial charge is 0.251 e. The van der Waals surface area contributed by atoms with Crippen LogP contribution >= 0.6 is 11.6 Å². The van der Waals surface area contributed by atoms with Crippen LogP contribution in [-0.2, 0) is 17.8 Å². The number of benzene rings is 1. The quantitative estimate of drug-likeness (QED) is 0.421. The minimum atomic E-state index is -0.147. The van der Waals surface area contributed by atoms with Gasteiger partial charge in [0.1, 0.15) is 0 Å². The number of amides is 1. The number of ether oxygens (including phenoxy) is 2. The Labute approximate surface area is 227 Å². The molecule has 2 aromatic rings. The summed E-state index contributed by atoms with van der Waals surface area (Å²) in [6.45, 7) is 11.9. The van der Waals surface area contributed by atoms with Crippen LogP contribution in [0, 0.1) is 13.8 Å². The highest BCUT2D eigenvalue weighted by molar-refractivity contribution is 6.31. The number of nitrogens with one attached hydrogen (secondary N) is 1. The van der Waals surface area contributed by atoms with Crippen LogP contribution in [0.5, 0.6) is 5.88 Å². The van der Waals surface area contributed by atoms with E-state index in [0.717, 1.165) is 74.4 Å². The van der Waals surface area contributed by atoms with Crippen LogP contribution in [0.1, 0.15) is 66.7 Å². The van der Waals surface area contributed by atoms with Gasteiger partial charge in [0.25, 0.3) is 5.91 Å². The molecule has 1 aliphatic carbocycles. The Kier molecular flexibility index (Phi) is 10.7. The van der Waals surface area contributed by atoms with Crippen molar-refractivity contribution in [2.45, 2.75) is 78.6 Å². The minimum Gasteiger partial charge on any atom is -0.480 e. The summed E-state index contributed by atoms with van der Waals surface area (Å²) in [5, 5.41) is 8.11. The number of likely N-dealkylation sites (N-methyl/N-ethyl adjacent to an activating group) is 1. The monoisotopic (exact) mass is 533 g/mol. The fraction of sp³-hybridized carbons (Fsp3) is 0.643. The SMILES string of the molecule is CCN(c1cc(Cl)cc(C(=O)NCc2c(OC)nn(CC)c2C)c1C)C1CCC(N(C)CCOC)CC1. The highest BCUT2D eigenvalue weighted by Crippen LogP contribution is 2.34. The molecule has 3 rings (SSSR count). The molecule has 1 amide bonds. The number of halogens is 1. The number of aryl methyl sites for hydroxylation is 1. The third kappa shape index (κ3) is 6.78. The zero-order valence-electron chi connectivity index (χ0n) is 23.6. The number of methoxy groups -OCH3 is 2. The highest BCUT2D eigenvalue weighted by Gasteiger charge is 2.29. The molecule has 37 heavy (non-hydrogen) atoms. The Morgan fingerprint density at radius 1 is 1.16 bits per heavy atom. The van der Waals surface area contributed by atoms with Gasteiger partial charge in [0.2, 0.25) is 5.88 Å². The average molecular weight is 534 g/mol. The first-order valence-corrected chi connectivity index (χ1v) is 13.8. The van der Waals surface area contributed by atoms with Crippen LogP contribution in [0.4, 0.5) is 5.69 Å². The number of aromatic nitrogens is 2. The standard InChI is InChI=1S/C28H44ClN5O3/c1-8-33(23-12-10-22(11-13-23)32(5)14-15-36-6)26-17-21(29)16-24(19(26)3)27(35)30-18-25-20(4)34(9-2)31-28(25)37-7/h16-17,22-23H,8-15,18H2,1-7H3,(H,30,35). The highest BCUT2D eigenvalue weighted by atomic mass is 35.5. The van der Waals surface area contributed by atoms with Crippen molar-refractivity contribution in [3.8, 4) is 5.88 Å². The third-order valence-corrected chi connectivity index (χ3v) is 8.05. The summed E-state index contributed by atoms with van der Waals surface area (Å²) < 4.78 is 12.6. The molecule has 206 valence electrons. The molecular formula is C28H44ClN5O3. The molecule has 0 bridgehead atoms. The van der Waals surface area contributed by atoms with E-state index in [1.54, 1.807) is 20.3 Å². The third-order valence-electron chi connectivity index (χ3n) is 7.83. The van der Waals surface area contributed by atoms with Gasteiger partial charge in [0, 0.05) is 60.8 Å². The van der Waals surface area contributed by atoms with Gasteiger partial charge in [-0.25, -0.2) is 0 Å². The van der Waals surface area contributed by atoms with E-state index in [9.17, 15) is 4.79 Å². The largest absolute Gasteiger partial charge is 0.480 e. The number of rotatable bonds is 12. The molecule has 8 nitrogen and oxygen atoms in total. The maximum absolute atomic E-state index is 13.3. The second-order valence-electron chi connectivity index (χ2n) is 9.89. The summed E-state index contributed by atoms with van der Waals surface area (Å²) in [5.74, 6) is 0.398. The Balaban J connectivity index is 1.75. The lowest BCUT2D eigenvalue weighted by molar-refractivity contribution is 0.0950. The predicted octanol–water partition coefficient (Wildman–Crippen LogP) is 4.83. The summed E-state index contributed by atoms with van der Waals surface area (Å²) in [6, 6.07) is 4.79. The van der Waals surface area contributed by atoms with Gasteiger partial charge >= 0.3 is 0 Å². The van der Waals surface area contributed by atoms with Crippen molar-refractivity contribution in [1.82, 2.24) is 20.0 Å². The summed E-state index contributed by atoms with van der Waals surface area (Å²) in [5.41, 5.74) is 4.48. The van der Waals surface area contributed by atoms with Gasteiger partial charge in [-0.2, -0.15) is 0 Å². The van der Waals surface area contributed by atoms with Crippen molar-refractivity contribution >= 4 is 23.2 Å². The first-order valence-electron chi connectivity index (χ1n) is 13.4. The van der Waals surface area contributed by atoms with Gasteiger partial charge in [-0.3, -0.25) is 9.48 Å². The fourth-order valence-corrected chi connectivity index (χ4v) is 5.76. The van der Waals surface area contributed by atoms with Gasteiger partial charge in [-0.15, -0.1) is 5.10 Å². The zero-order chi connectivity index (χ0) is 27.1. The number of carbonyl (C=O) groups is 1. The van der Waals surface area contributed by atoms with E-state index < -0.39 is 0 Å². The van der Waals surface area contributed by atoms with Crippen LogP contribution < -0.4 is 15.0 Å². The summed E-state index contributed by atoms with van der Waals surface area (Å²) in [7, 11) is 5.55. The number of carbonyl (C=O) groups excluding carboxylic acids is 1. The van der Waals surface area contributed by atoms with Crippen molar-refractivity contribution in [2.24, 2.45) is 0 Å². The first kappa shape index (κ1) is 29.3. The fourth-order valence-electron chi connectivity index (χ4n) is 5.55. The van der Waals surface area contributed by atoms with Gasteiger partial charge < -0.3 is 24.6 Å². The van der Waals surface area contributed by atoms with Crippen LogP contribution in [0.3, 0.4) is 0 Å². The number of anilines is 1. The Hall–Kier alpha value is -2.29. The number of hydrogen-bond donors (Lipinski definition) is 1. The molecule has 0 atom stereocenters. The average Bonchev–Trinajstić information content (AvgIpc) is 3.22. The number of hydrogen-bond acceptors (Lipinski definition) is 6. The molecule has 0 saturated heterocycles. The predicted molar refractivity (Wildman–Crippen MR) is 150 cm³/mol. The molecule has 0 radical (unpaired) electrons. The second-order valence-corrected chi connectivity index (χ2v) is 10.3. The molecule has 0 aliphatic heterocycles. The van der Waals surface area contributed by atoms with E-state index in [-0.39, 0.29) is 5.91 Å². The van der Waals surface area contributed by atoms with E-state index in [1.807, 2.05) is 31.5 Å². The van der Waals surface area contributed by atoms with E-state index in [4.69, 9.17) is 21.1 Å². The normalized spacial score (nSPS) is 17.8. The van der Waals surface area contributed by atoms with E-state index >= 15 is 0 Å². The van der Waals surface area contributed by atoms with Crippen LogP contribution in [-0.4, -0.2) is 73.6 Å². The van der Waals surface area contributed by atoms with Gasteiger partial charge in [0.15, 0.2) is 0 Å². The minimum absolute atomic E-state index is 0.147. The molecule has 1 aromatic carbocycles. The number of nitrogens with zero attached hydrogens (tertiary/aromatic N) is 4. The first-order chi connectivity index (χ1) is 17.7. The molecule has 1 aromatic heterocycles. The van der Waals surface area contributed by atoms with Gasteiger partial charge in [0.05, 0.1) is 25.8 Å². The lowest BCUT2D eigenvalue weighted by Crippen LogP contribution is -2.44. The van der Waals surface area contributed by atoms with E-state index in [0.29, 0.717) is 35.1 Å². The van der Waals surface area contributed by atoms with Gasteiger partial charge in [-0.05, 0) is 78.1 Å². The Morgan fingerprint density at radius 2 is 1.84 bits per heavy atom. The zero-order valence-corrected chi connectivity index (χ0v) is 24.3. The molecule has 0 unspecified atom stereocenters. The Bertz CT molecular complexity index is 1050. The summed E-state index contributed by atoms with van der Waals surface area (Å²) >= 11 is 6.57. The molecular weight excluding hydrogens is 490 g/mol. The summed E-state index contributed by atoms with van der Waals surface area (Å²) in [4.78, 5) is 18.2. The molecule has 0 spiro atoms. The molecule has 1 aliphatic rings. The van der Waals surface area contributed by atoms with Crippen molar-refractivity contribution in [3.63, 3.8) is 0 Å². The van der Waals surface area contributed by atoms with Crippen LogP contribution in [0.25, 0.3) is 0 Å². The summed E-state index contributed by atoms with van der Waals surface area (Å²) in [6.07, 6.45) is 4.54. The van der Waals surface area contributed by atoms with Crippen LogP contribution in [0.15, 0.2) is 12.1 Å². The lowest BCUT2D eigenvalue weighted by Gasteiger charge is -2.41. The van der Waals surface area contributed by atoms with Crippen LogP contribution in [0.2, 0.25) is 5.02 Å². The van der Waals surface area contributed by atoms with E-state index in [1.165, 1.54) is 0 Å². The maximum atomic E-state index is 13.3. The molecule has 1 heterocycles. The van der Waals surface area contributed by atoms with Crippen molar-refractivity contribution in [2.75, 3.05) is 45.9 Å². The van der Waals surface area contributed by atoms with Crippen molar-refractivity contribution < 1.29 is 14.3 Å². The molecule has 1 N–H and O–H groups in total. The molecule has 1 saturated carbocycles. The second kappa shape index (κ2) is 13.5.